The third-order valence-corrected chi connectivity index (χ3v) is 4.54. The summed E-state index contributed by atoms with van der Waals surface area (Å²) in [6.45, 7) is 0. The van der Waals surface area contributed by atoms with Gasteiger partial charge in [0.2, 0.25) is 5.91 Å². The number of ether oxygens (including phenoxy) is 1. The number of carbonyl (C=O) groups is 1. The first-order chi connectivity index (χ1) is 9.75. The molecule has 1 saturated carbocycles. The van der Waals surface area contributed by atoms with Crippen LogP contribution in [-0.2, 0) is 10.2 Å². The van der Waals surface area contributed by atoms with Crippen molar-refractivity contribution in [1.29, 1.82) is 0 Å². The molecule has 0 radical (unpaired) electrons. The number of para-hydroxylation sites is 1. The standard InChI is InChI=1S/C17H15NO2/c1-20-12-8-6-11(7-9-12)14-10-17(14)13-4-2-3-5-15(13)18-16(17)19/h2-9,14H,10H2,1H3,(H,18,19)/t14-,17-/m1/s1. The Morgan fingerprint density at radius 2 is 1.90 bits per heavy atom. The number of anilines is 1. The monoisotopic (exact) mass is 265 g/mol. The van der Waals surface area contributed by atoms with E-state index in [0.29, 0.717) is 0 Å². The average molecular weight is 265 g/mol. The summed E-state index contributed by atoms with van der Waals surface area (Å²) in [4.78, 5) is 12.4. The highest BCUT2D eigenvalue weighted by molar-refractivity contribution is 6.09. The number of hydrogen-bond acceptors (Lipinski definition) is 2. The number of amides is 1. The number of rotatable bonds is 2. The highest BCUT2D eigenvalue weighted by Gasteiger charge is 2.64. The number of methoxy groups -OCH3 is 1. The Balaban J connectivity index is 1.73. The molecule has 2 aliphatic rings. The van der Waals surface area contributed by atoms with Crippen molar-refractivity contribution in [3.05, 3.63) is 59.7 Å². The number of benzene rings is 2. The Bertz CT molecular complexity index is 692. The Morgan fingerprint density at radius 3 is 2.65 bits per heavy atom. The molecule has 1 heterocycles. The van der Waals surface area contributed by atoms with Crippen molar-refractivity contribution in [3.63, 3.8) is 0 Å². The fourth-order valence-electron chi connectivity index (χ4n) is 3.39. The molecule has 0 unspecified atom stereocenters. The molecule has 0 saturated heterocycles. The van der Waals surface area contributed by atoms with Gasteiger partial charge in [0.25, 0.3) is 0 Å². The molecule has 2 aromatic carbocycles. The highest BCUT2D eigenvalue weighted by Crippen LogP contribution is 2.64. The lowest BCUT2D eigenvalue weighted by Crippen LogP contribution is -2.20. The molecule has 2 atom stereocenters. The molecule has 1 N–H and O–H groups in total. The van der Waals surface area contributed by atoms with Crippen molar-refractivity contribution in [2.24, 2.45) is 0 Å². The van der Waals surface area contributed by atoms with E-state index in [0.717, 1.165) is 23.4 Å². The molecular formula is C17H15NO2. The molecule has 1 aliphatic heterocycles. The van der Waals surface area contributed by atoms with Crippen LogP contribution in [0.4, 0.5) is 5.69 Å². The molecule has 1 amide bonds. The van der Waals surface area contributed by atoms with Gasteiger partial charge in [-0.15, -0.1) is 0 Å². The molecule has 3 heteroatoms. The average Bonchev–Trinajstić information content (AvgIpc) is 3.18. The molecule has 1 fully saturated rings. The van der Waals surface area contributed by atoms with E-state index in [1.54, 1.807) is 7.11 Å². The maximum atomic E-state index is 12.4. The van der Waals surface area contributed by atoms with Gasteiger partial charge in [-0.25, -0.2) is 0 Å². The SMILES string of the molecule is COc1ccc([C@H]2C[C@]23C(=O)Nc2ccccc23)cc1. The predicted molar refractivity (Wildman–Crippen MR) is 77.1 cm³/mol. The van der Waals surface area contributed by atoms with E-state index in [4.69, 9.17) is 4.74 Å². The van der Waals surface area contributed by atoms with Crippen molar-refractivity contribution in [3.8, 4) is 5.75 Å². The molecule has 100 valence electrons. The van der Waals surface area contributed by atoms with Gasteiger partial charge < -0.3 is 10.1 Å². The second-order valence-electron chi connectivity index (χ2n) is 5.50. The van der Waals surface area contributed by atoms with Crippen LogP contribution in [0.1, 0.15) is 23.5 Å². The van der Waals surface area contributed by atoms with Gasteiger partial charge in [-0.1, -0.05) is 30.3 Å². The summed E-state index contributed by atoms with van der Waals surface area (Å²) in [5, 5.41) is 3.01. The van der Waals surface area contributed by atoms with Crippen molar-refractivity contribution < 1.29 is 9.53 Å². The fourth-order valence-corrected chi connectivity index (χ4v) is 3.39. The first-order valence-corrected chi connectivity index (χ1v) is 6.80. The van der Waals surface area contributed by atoms with E-state index in [9.17, 15) is 4.79 Å². The minimum Gasteiger partial charge on any atom is -0.497 e. The third kappa shape index (κ3) is 1.38. The van der Waals surface area contributed by atoms with E-state index >= 15 is 0 Å². The van der Waals surface area contributed by atoms with E-state index in [-0.39, 0.29) is 17.2 Å². The Labute approximate surface area is 117 Å². The molecular weight excluding hydrogens is 250 g/mol. The van der Waals surface area contributed by atoms with Crippen LogP contribution in [0.2, 0.25) is 0 Å². The van der Waals surface area contributed by atoms with Gasteiger partial charge in [-0.3, -0.25) is 4.79 Å². The molecule has 20 heavy (non-hydrogen) atoms. The second kappa shape index (κ2) is 3.85. The highest BCUT2D eigenvalue weighted by atomic mass is 16.5. The summed E-state index contributed by atoms with van der Waals surface area (Å²) in [5.74, 6) is 1.26. The molecule has 0 bridgehead atoms. The van der Waals surface area contributed by atoms with Gasteiger partial charge in [0.1, 0.15) is 5.75 Å². The van der Waals surface area contributed by atoms with Crippen LogP contribution in [-0.4, -0.2) is 13.0 Å². The first kappa shape index (κ1) is 11.5. The fraction of sp³-hybridized carbons (Fsp3) is 0.235. The van der Waals surface area contributed by atoms with E-state index in [1.807, 2.05) is 30.3 Å². The van der Waals surface area contributed by atoms with E-state index in [2.05, 4.69) is 23.5 Å². The third-order valence-electron chi connectivity index (χ3n) is 4.54. The zero-order chi connectivity index (χ0) is 13.7. The number of carbonyl (C=O) groups excluding carboxylic acids is 1. The molecule has 4 rings (SSSR count). The van der Waals surface area contributed by atoms with Gasteiger partial charge in [0.05, 0.1) is 12.5 Å². The van der Waals surface area contributed by atoms with Gasteiger partial charge in [-0.2, -0.15) is 0 Å². The Hall–Kier alpha value is -2.29. The van der Waals surface area contributed by atoms with Crippen molar-refractivity contribution in [2.75, 3.05) is 12.4 Å². The van der Waals surface area contributed by atoms with Crippen LogP contribution < -0.4 is 10.1 Å². The van der Waals surface area contributed by atoms with Crippen LogP contribution in [0.15, 0.2) is 48.5 Å². The summed E-state index contributed by atoms with van der Waals surface area (Å²) in [6, 6.07) is 16.1. The van der Waals surface area contributed by atoms with Crippen LogP contribution in [0.3, 0.4) is 0 Å². The molecule has 2 aromatic rings. The summed E-state index contributed by atoms with van der Waals surface area (Å²) in [5.41, 5.74) is 2.97. The number of nitrogens with one attached hydrogen (secondary N) is 1. The molecule has 0 aromatic heterocycles. The zero-order valence-electron chi connectivity index (χ0n) is 11.2. The summed E-state index contributed by atoms with van der Waals surface area (Å²) >= 11 is 0. The van der Waals surface area contributed by atoms with Crippen LogP contribution in [0, 0.1) is 0 Å². The van der Waals surface area contributed by atoms with Crippen molar-refractivity contribution in [1.82, 2.24) is 0 Å². The normalized spacial score (nSPS) is 26.2. The summed E-state index contributed by atoms with van der Waals surface area (Å²) in [6.07, 6.45) is 0.891. The van der Waals surface area contributed by atoms with Crippen molar-refractivity contribution in [2.45, 2.75) is 17.8 Å². The lowest BCUT2D eigenvalue weighted by molar-refractivity contribution is -0.118. The number of fused-ring (bicyclic) bond motifs is 2. The van der Waals surface area contributed by atoms with Crippen LogP contribution >= 0.6 is 0 Å². The largest absolute Gasteiger partial charge is 0.497 e. The van der Waals surface area contributed by atoms with Crippen LogP contribution in [0.5, 0.6) is 5.75 Å². The van der Waals surface area contributed by atoms with Crippen LogP contribution in [0.25, 0.3) is 0 Å². The maximum Gasteiger partial charge on any atom is 0.235 e. The zero-order valence-corrected chi connectivity index (χ0v) is 11.2. The molecule has 3 nitrogen and oxygen atoms in total. The minimum atomic E-state index is -0.342. The van der Waals surface area contributed by atoms with Gasteiger partial charge in [0.15, 0.2) is 0 Å². The first-order valence-electron chi connectivity index (χ1n) is 6.80. The minimum absolute atomic E-state index is 0.138. The van der Waals surface area contributed by atoms with Gasteiger partial charge in [0, 0.05) is 11.6 Å². The maximum absolute atomic E-state index is 12.4. The lowest BCUT2D eigenvalue weighted by atomic mass is 9.92. The summed E-state index contributed by atoms with van der Waals surface area (Å²) in [7, 11) is 1.66. The predicted octanol–water partition coefficient (Wildman–Crippen LogP) is 3.07. The molecule has 1 aliphatic carbocycles. The van der Waals surface area contributed by atoms with Gasteiger partial charge in [-0.05, 0) is 35.7 Å². The Morgan fingerprint density at radius 1 is 1.15 bits per heavy atom. The quantitative estimate of drug-likeness (QED) is 0.906. The lowest BCUT2D eigenvalue weighted by Gasteiger charge is -2.09. The number of hydrogen-bond donors (Lipinski definition) is 1. The molecule has 1 spiro atoms. The topological polar surface area (TPSA) is 38.3 Å². The van der Waals surface area contributed by atoms with E-state index < -0.39 is 0 Å². The smallest absolute Gasteiger partial charge is 0.235 e. The summed E-state index contributed by atoms with van der Waals surface area (Å²) < 4.78 is 5.18. The second-order valence-corrected chi connectivity index (χ2v) is 5.50. The van der Waals surface area contributed by atoms with Crippen molar-refractivity contribution >= 4 is 11.6 Å². The Kier molecular flexibility index (Phi) is 2.22. The van der Waals surface area contributed by atoms with E-state index in [1.165, 1.54) is 5.56 Å². The van der Waals surface area contributed by atoms with Gasteiger partial charge >= 0.3 is 0 Å².